The van der Waals surface area contributed by atoms with Crippen molar-refractivity contribution in [3.63, 3.8) is 0 Å². The molecular formula is C14H14F4N2O. The lowest BCUT2D eigenvalue weighted by Gasteiger charge is -2.22. The van der Waals surface area contributed by atoms with Crippen LogP contribution in [0.3, 0.4) is 0 Å². The Labute approximate surface area is 118 Å². The van der Waals surface area contributed by atoms with Crippen molar-refractivity contribution in [2.45, 2.75) is 39.3 Å². The van der Waals surface area contributed by atoms with Gasteiger partial charge in [-0.15, -0.1) is 0 Å². The van der Waals surface area contributed by atoms with Gasteiger partial charge in [0.05, 0.1) is 16.6 Å². The number of hydrogen-bond acceptors (Lipinski definition) is 2. The fourth-order valence-electron chi connectivity index (χ4n) is 2.22. The van der Waals surface area contributed by atoms with Crippen molar-refractivity contribution in [2.24, 2.45) is 0 Å². The van der Waals surface area contributed by atoms with Gasteiger partial charge in [-0.25, -0.2) is 4.98 Å². The van der Waals surface area contributed by atoms with Crippen molar-refractivity contribution in [1.82, 2.24) is 9.97 Å². The summed E-state index contributed by atoms with van der Waals surface area (Å²) in [5, 5.41) is -0.221. The summed E-state index contributed by atoms with van der Waals surface area (Å²) in [6.45, 7) is 6.40. The number of rotatable bonds is 0. The average Bonchev–Trinajstić information content (AvgIpc) is 2.23. The zero-order valence-corrected chi connectivity index (χ0v) is 11.9. The lowest BCUT2D eigenvalue weighted by Crippen LogP contribution is -2.23. The third kappa shape index (κ3) is 2.64. The number of aromatic amines is 1. The highest BCUT2D eigenvalue weighted by Gasteiger charge is 2.39. The molecule has 0 saturated heterocycles. The summed E-state index contributed by atoms with van der Waals surface area (Å²) in [7, 11) is 0. The number of hydrogen-bond donors (Lipinski definition) is 1. The van der Waals surface area contributed by atoms with Gasteiger partial charge < -0.3 is 4.98 Å². The number of nitrogens with zero attached hydrogens (tertiary/aromatic N) is 1. The van der Waals surface area contributed by atoms with Gasteiger partial charge in [0.15, 0.2) is 5.43 Å². The van der Waals surface area contributed by atoms with Crippen molar-refractivity contribution in [1.29, 1.82) is 0 Å². The molecule has 21 heavy (non-hydrogen) atoms. The van der Waals surface area contributed by atoms with E-state index in [9.17, 15) is 22.4 Å². The molecule has 2 rings (SSSR count). The van der Waals surface area contributed by atoms with Gasteiger partial charge >= 0.3 is 6.18 Å². The van der Waals surface area contributed by atoms with Crippen molar-refractivity contribution >= 4 is 10.9 Å². The first kappa shape index (κ1) is 15.5. The number of aromatic nitrogens is 2. The maximum atomic E-state index is 13.9. The maximum absolute atomic E-state index is 13.9. The highest BCUT2D eigenvalue weighted by Crippen LogP contribution is 2.37. The van der Waals surface area contributed by atoms with Gasteiger partial charge in [0, 0.05) is 17.2 Å². The number of nitrogens with one attached hydrogen (secondary N) is 1. The van der Waals surface area contributed by atoms with Crippen molar-refractivity contribution in [3.05, 3.63) is 39.2 Å². The quantitative estimate of drug-likeness (QED) is 0.596. The minimum Gasteiger partial charge on any atom is -0.358 e. The van der Waals surface area contributed by atoms with Crippen LogP contribution in [0, 0.1) is 12.9 Å². The predicted octanol–water partition coefficient (Wildman–Crippen LogP) is 3.69. The van der Waals surface area contributed by atoms with Gasteiger partial charge in [-0.05, 0) is 6.92 Å². The van der Waals surface area contributed by atoms with E-state index in [-0.39, 0.29) is 16.8 Å². The van der Waals surface area contributed by atoms with Crippen molar-refractivity contribution in [3.8, 4) is 0 Å². The molecule has 0 saturated carbocycles. The van der Waals surface area contributed by atoms with Crippen molar-refractivity contribution in [2.75, 3.05) is 0 Å². The molecule has 2 aromatic heterocycles. The molecule has 7 heteroatoms. The van der Waals surface area contributed by atoms with E-state index in [1.54, 1.807) is 20.8 Å². The molecule has 0 aliphatic carbocycles. The third-order valence-corrected chi connectivity index (χ3v) is 3.06. The first-order valence-corrected chi connectivity index (χ1v) is 6.23. The Bertz CT molecular complexity index is 770. The van der Waals surface area contributed by atoms with E-state index in [0.29, 0.717) is 0 Å². The molecule has 0 aliphatic heterocycles. The summed E-state index contributed by atoms with van der Waals surface area (Å²) >= 11 is 0. The van der Waals surface area contributed by atoms with Crippen LogP contribution in [0.1, 0.15) is 37.7 Å². The third-order valence-electron chi connectivity index (χ3n) is 3.06. The van der Waals surface area contributed by atoms with Crippen molar-refractivity contribution < 1.29 is 17.6 Å². The molecule has 0 fully saturated rings. The van der Waals surface area contributed by atoms with Gasteiger partial charge in [-0.1, -0.05) is 20.8 Å². The van der Waals surface area contributed by atoms with Crippen LogP contribution in [0.5, 0.6) is 0 Å². The van der Waals surface area contributed by atoms with Gasteiger partial charge in [0.1, 0.15) is 5.56 Å². The Hall–Kier alpha value is -1.92. The van der Waals surface area contributed by atoms with Crippen LogP contribution >= 0.6 is 0 Å². The van der Waals surface area contributed by atoms with Gasteiger partial charge in [-0.3, -0.25) is 4.79 Å². The molecule has 0 radical (unpaired) electrons. The summed E-state index contributed by atoms with van der Waals surface area (Å²) in [4.78, 5) is 18.0. The lowest BCUT2D eigenvalue weighted by atomic mass is 9.88. The monoisotopic (exact) mass is 302 g/mol. The zero-order chi connectivity index (χ0) is 16.2. The molecule has 2 aromatic rings. The average molecular weight is 302 g/mol. The summed E-state index contributed by atoms with van der Waals surface area (Å²) < 4.78 is 53.1. The predicted molar refractivity (Wildman–Crippen MR) is 70.8 cm³/mol. The van der Waals surface area contributed by atoms with Gasteiger partial charge in [0.2, 0.25) is 5.95 Å². The highest BCUT2D eigenvalue weighted by atomic mass is 19.4. The number of pyridine rings is 2. The second-order valence-electron chi connectivity index (χ2n) is 5.94. The van der Waals surface area contributed by atoms with Crippen LogP contribution < -0.4 is 5.43 Å². The number of H-pyrrole nitrogens is 1. The molecule has 0 spiro atoms. The standard InChI is InChI=1S/C14H14F4N2O/c1-6-5-7(21)8-10(19-6)9(14(16,17)18)12(15)20-11(8)13(2,3)4/h5H,1-4H3,(H,19,21). The van der Waals surface area contributed by atoms with E-state index in [4.69, 9.17) is 0 Å². The Balaban J connectivity index is 3.12. The Kier molecular flexibility index (Phi) is 3.35. The molecule has 0 bridgehead atoms. The van der Waals surface area contributed by atoms with Crippen LogP contribution in [0.25, 0.3) is 10.9 Å². The van der Waals surface area contributed by atoms with Crippen LogP contribution in [-0.4, -0.2) is 9.97 Å². The van der Waals surface area contributed by atoms with Gasteiger partial charge in [-0.2, -0.15) is 17.6 Å². The number of aryl methyl sites for hydroxylation is 1. The number of fused-ring (bicyclic) bond motifs is 1. The fraction of sp³-hybridized carbons (Fsp3) is 0.429. The lowest BCUT2D eigenvalue weighted by molar-refractivity contribution is -0.139. The maximum Gasteiger partial charge on any atom is 0.422 e. The first-order valence-electron chi connectivity index (χ1n) is 6.23. The summed E-state index contributed by atoms with van der Waals surface area (Å²) in [5.41, 5.74) is -3.24. The largest absolute Gasteiger partial charge is 0.422 e. The molecule has 0 aromatic carbocycles. The Morgan fingerprint density at radius 3 is 2.24 bits per heavy atom. The molecule has 0 unspecified atom stereocenters. The normalized spacial score (nSPS) is 13.0. The molecule has 114 valence electrons. The smallest absolute Gasteiger partial charge is 0.358 e. The Morgan fingerprint density at radius 2 is 1.76 bits per heavy atom. The van der Waals surface area contributed by atoms with E-state index in [1.165, 1.54) is 13.0 Å². The van der Waals surface area contributed by atoms with E-state index < -0.39 is 34.0 Å². The van der Waals surface area contributed by atoms with Crippen LogP contribution in [0.4, 0.5) is 17.6 Å². The molecule has 0 aliphatic rings. The van der Waals surface area contributed by atoms with E-state index in [0.717, 1.165) is 0 Å². The SMILES string of the molecule is Cc1cc(=O)c2c(C(C)(C)C)nc(F)c(C(F)(F)F)c2[nH]1. The fourth-order valence-corrected chi connectivity index (χ4v) is 2.22. The summed E-state index contributed by atoms with van der Waals surface area (Å²) in [6, 6.07) is 1.18. The van der Waals surface area contributed by atoms with Gasteiger partial charge in [0.25, 0.3) is 0 Å². The summed E-state index contributed by atoms with van der Waals surface area (Å²) in [6.07, 6.45) is -4.94. The number of halogens is 4. The number of alkyl halides is 3. The first-order chi connectivity index (χ1) is 9.43. The second kappa shape index (κ2) is 4.54. The van der Waals surface area contributed by atoms with Crippen LogP contribution in [0.2, 0.25) is 0 Å². The van der Waals surface area contributed by atoms with Crippen LogP contribution in [0.15, 0.2) is 10.9 Å². The molecule has 1 N–H and O–H groups in total. The van der Waals surface area contributed by atoms with Crippen LogP contribution in [-0.2, 0) is 11.6 Å². The van der Waals surface area contributed by atoms with E-state index in [2.05, 4.69) is 9.97 Å². The van der Waals surface area contributed by atoms with E-state index >= 15 is 0 Å². The minimum absolute atomic E-state index is 0.00394. The van der Waals surface area contributed by atoms with E-state index in [1.807, 2.05) is 0 Å². The highest BCUT2D eigenvalue weighted by molar-refractivity contribution is 5.85. The second-order valence-corrected chi connectivity index (χ2v) is 5.94. The Morgan fingerprint density at radius 1 is 1.19 bits per heavy atom. The molecule has 2 heterocycles. The molecule has 0 amide bonds. The molecule has 3 nitrogen and oxygen atoms in total. The minimum atomic E-state index is -4.94. The molecular weight excluding hydrogens is 288 g/mol. The summed E-state index contributed by atoms with van der Waals surface area (Å²) in [5.74, 6) is -1.62. The zero-order valence-electron chi connectivity index (χ0n) is 11.9. The molecule has 0 atom stereocenters. The topological polar surface area (TPSA) is 45.8 Å².